The molecule has 4 unspecified atom stereocenters. The number of hydrogen-bond donors (Lipinski definition) is 0. The summed E-state index contributed by atoms with van der Waals surface area (Å²) >= 11 is 0. The Hall–Kier alpha value is -1.14. The Labute approximate surface area is 118 Å². The first-order chi connectivity index (χ1) is 9.17. The first kappa shape index (κ1) is 14.3. The Morgan fingerprint density at radius 2 is 2.11 bits per heavy atom. The molecule has 0 N–H and O–H groups in total. The fourth-order valence-electron chi connectivity index (χ4n) is 2.91. The molecule has 1 fully saturated rings. The van der Waals surface area contributed by atoms with Gasteiger partial charge in [-0.1, -0.05) is 31.5 Å². The van der Waals surface area contributed by atoms with Crippen molar-refractivity contribution in [1.29, 1.82) is 5.26 Å². The molecule has 2 rings (SSSR count). The molecule has 1 aliphatic rings. The molecule has 0 aliphatic heterocycles. The van der Waals surface area contributed by atoms with E-state index in [1.165, 1.54) is 0 Å². The van der Waals surface area contributed by atoms with Crippen molar-refractivity contribution in [3.05, 3.63) is 29.8 Å². The molecule has 1 aromatic rings. The average molecular weight is 275 g/mol. The molecule has 0 amide bonds. The first-order valence-electron chi connectivity index (χ1n) is 7.03. The Morgan fingerprint density at radius 3 is 2.74 bits per heavy atom. The van der Waals surface area contributed by atoms with Gasteiger partial charge in [0.25, 0.3) is 0 Å². The van der Waals surface area contributed by atoms with E-state index in [0.29, 0.717) is 5.92 Å². The third kappa shape index (κ3) is 3.06. The van der Waals surface area contributed by atoms with E-state index >= 15 is 0 Å². The lowest BCUT2D eigenvalue weighted by atomic mass is 9.81. The van der Waals surface area contributed by atoms with Gasteiger partial charge in [0.15, 0.2) is 0 Å². The van der Waals surface area contributed by atoms with E-state index in [4.69, 9.17) is 0 Å². The second-order valence-electron chi connectivity index (χ2n) is 5.42. The van der Waals surface area contributed by atoms with Crippen molar-refractivity contribution in [3.8, 4) is 6.07 Å². The summed E-state index contributed by atoms with van der Waals surface area (Å²) in [6.07, 6.45) is 4.06. The lowest BCUT2D eigenvalue weighted by Crippen LogP contribution is -2.32. The minimum Gasteiger partial charge on any atom is -0.254 e. The van der Waals surface area contributed by atoms with Gasteiger partial charge in [0, 0.05) is 4.90 Å². The average Bonchev–Trinajstić information content (AvgIpc) is 2.46. The van der Waals surface area contributed by atoms with E-state index in [9.17, 15) is 9.47 Å². The van der Waals surface area contributed by atoms with Gasteiger partial charge in [0.2, 0.25) is 0 Å². The van der Waals surface area contributed by atoms with Gasteiger partial charge in [-0.3, -0.25) is 4.21 Å². The first-order valence-corrected chi connectivity index (χ1v) is 8.24. The molecule has 102 valence electrons. The third-order valence-electron chi connectivity index (χ3n) is 4.23. The van der Waals surface area contributed by atoms with Crippen LogP contribution < -0.4 is 0 Å². The monoisotopic (exact) mass is 275 g/mol. The molecule has 0 saturated heterocycles. The molecule has 0 bridgehead atoms. The molecule has 1 aromatic carbocycles. The second-order valence-corrected chi connectivity index (χ2v) is 7.06. The van der Waals surface area contributed by atoms with Crippen molar-refractivity contribution < 1.29 is 4.21 Å². The molecular formula is C16H21NOS. The molecule has 0 radical (unpaired) electrons. The van der Waals surface area contributed by atoms with Crippen LogP contribution in [0.1, 0.15) is 38.2 Å². The molecule has 4 atom stereocenters. The van der Waals surface area contributed by atoms with Crippen molar-refractivity contribution >= 4 is 10.8 Å². The summed E-state index contributed by atoms with van der Waals surface area (Å²) < 4.78 is 12.8. The standard InChI is InChI=1S/C16H21NOS/c1-3-13-8-9-14(11-17)16(10-13)19(18)15-7-5-4-6-12(15)2/h4-7,13-14,16H,3,8-10H2,1-2H3. The number of nitriles is 1. The van der Waals surface area contributed by atoms with Crippen LogP contribution in [0, 0.1) is 30.1 Å². The molecule has 19 heavy (non-hydrogen) atoms. The predicted molar refractivity (Wildman–Crippen MR) is 78.1 cm³/mol. The summed E-state index contributed by atoms with van der Waals surface area (Å²) in [5.74, 6) is 0.575. The highest BCUT2D eigenvalue weighted by molar-refractivity contribution is 7.85. The van der Waals surface area contributed by atoms with Gasteiger partial charge >= 0.3 is 0 Å². The molecule has 0 aromatic heterocycles. The van der Waals surface area contributed by atoms with Crippen LogP contribution >= 0.6 is 0 Å². The SMILES string of the molecule is CCC1CCC(C#N)C(S(=O)c2ccccc2C)C1. The number of benzene rings is 1. The van der Waals surface area contributed by atoms with Gasteiger partial charge in [0.1, 0.15) is 0 Å². The summed E-state index contributed by atoms with van der Waals surface area (Å²) in [6.45, 7) is 4.18. The third-order valence-corrected chi connectivity index (χ3v) is 6.19. The van der Waals surface area contributed by atoms with Gasteiger partial charge in [-0.25, -0.2) is 0 Å². The van der Waals surface area contributed by atoms with Gasteiger partial charge in [-0.2, -0.15) is 5.26 Å². The van der Waals surface area contributed by atoms with Crippen LogP contribution in [0.3, 0.4) is 0 Å². The molecule has 1 aliphatic carbocycles. The van der Waals surface area contributed by atoms with Gasteiger partial charge < -0.3 is 0 Å². The van der Waals surface area contributed by atoms with Crippen LogP contribution in [0.2, 0.25) is 0 Å². The lowest BCUT2D eigenvalue weighted by molar-refractivity contribution is 0.313. The van der Waals surface area contributed by atoms with Crippen LogP contribution in [0.15, 0.2) is 29.2 Å². The van der Waals surface area contributed by atoms with Crippen molar-refractivity contribution in [2.75, 3.05) is 0 Å². The summed E-state index contributed by atoms with van der Waals surface area (Å²) in [5, 5.41) is 9.31. The largest absolute Gasteiger partial charge is 0.254 e. The van der Waals surface area contributed by atoms with Crippen LogP contribution in [0.4, 0.5) is 0 Å². The summed E-state index contributed by atoms with van der Waals surface area (Å²) in [6, 6.07) is 10.2. The number of aryl methyl sites for hydroxylation is 1. The number of nitrogens with zero attached hydrogens (tertiary/aromatic N) is 1. The van der Waals surface area contributed by atoms with E-state index in [1.54, 1.807) is 0 Å². The quantitative estimate of drug-likeness (QED) is 0.841. The Balaban J connectivity index is 2.25. The molecular weight excluding hydrogens is 254 g/mol. The summed E-state index contributed by atoms with van der Waals surface area (Å²) in [4.78, 5) is 0.907. The van der Waals surface area contributed by atoms with E-state index < -0.39 is 10.8 Å². The normalized spacial score (nSPS) is 28.6. The number of hydrogen-bond acceptors (Lipinski definition) is 2. The highest BCUT2D eigenvalue weighted by Crippen LogP contribution is 2.35. The highest BCUT2D eigenvalue weighted by Gasteiger charge is 2.34. The van der Waals surface area contributed by atoms with Crippen LogP contribution in [0.5, 0.6) is 0 Å². The Morgan fingerprint density at radius 1 is 1.37 bits per heavy atom. The zero-order chi connectivity index (χ0) is 13.8. The maximum absolute atomic E-state index is 12.8. The molecule has 0 spiro atoms. The van der Waals surface area contributed by atoms with Crippen LogP contribution in [-0.4, -0.2) is 9.46 Å². The maximum atomic E-state index is 12.8. The zero-order valence-electron chi connectivity index (χ0n) is 11.6. The minimum absolute atomic E-state index is 0.00444. The summed E-state index contributed by atoms with van der Waals surface area (Å²) in [7, 11) is -1.06. The molecule has 2 nitrogen and oxygen atoms in total. The van der Waals surface area contributed by atoms with Crippen molar-refractivity contribution in [2.45, 2.75) is 49.7 Å². The predicted octanol–water partition coefficient (Wildman–Crippen LogP) is 3.82. The van der Waals surface area contributed by atoms with E-state index in [-0.39, 0.29) is 11.2 Å². The van der Waals surface area contributed by atoms with Gasteiger partial charge in [-0.15, -0.1) is 0 Å². The Kier molecular flexibility index (Phi) is 4.76. The fourth-order valence-corrected chi connectivity index (χ4v) is 4.78. The zero-order valence-corrected chi connectivity index (χ0v) is 12.5. The highest BCUT2D eigenvalue weighted by atomic mass is 32.2. The second kappa shape index (κ2) is 6.34. The van der Waals surface area contributed by atoms with Crippen molar-refractivity contribution in [3.63, 3.8) is 0 Å². The van der Waals surface area contributed by atoms with Crippen molar-refractivity contribution in [1.82, 2.24) is 0 Å². The van der Waals surface area contributed by atoms with Crippen molar-refractivity contribution in [2.24, 2.45) is 11.8 Å². The molecule has 0 heterocycles. The molecule has 3 heteroatoms. The topological polar surface area (TPSA) is 40.9 Å². The van der Waals surface area contributed by atoms with Gasteiger partial charge in [-0.05, 0) is 43.7 Å². The van der Waals surface area contributed by atoms with Crippen LogP contribution in [-0.2, 0) is 10.8 Å². The van der Waals surface area contributed by atoms with E-state index in [0.717, 1.165) is 36.1 Å². The van der Waals surface area contributed by atoms with Crippen LogP contribution in [0.25, 0.3) is 0 Å². The van der Waals surface area contributed by atoms with E-state index in [2.05, 4.69) is 13.0 Å². The maximum Gasteiger partial charge on any atom is 0.0668 e. The minimum atomic E-state index is -1.06. The fraction of sp³-hybridized carbons (Fsp3) is 0.562. The summed E-state index contributed by atoms with van der Waals surface area (Å²) in [5.41, 5.74) is 1.07. The molecule has 1 saturated carbocycles. The Bertz CT molecular complexity index is 506. The lowest BCUT2D eigenvalue weighted by Gasteiger charge is -2.31. The smallest absolute Gasteiger partial charge is 0.0668 e. The number of rotatable bonds is 3. The van der Waals surface area contributed by atoms with E-state index in [1.807, 2.05) is 31.2 Å². The van der Waals surface area contributed by atoms with Gasteiger partial charge in [0.05, 0.1) is 28.0 Å².